The van der Waals surface area contributed by atoms with E-state index < -0.39 is 5.60 Å². The first-order valence-electron chi connectivity index (χ1n) is 11.5. The molecule has 5 N–H and O–H groups in total. The van der Waals surface area contributed by atoms with Crippen LogP contribution in [0.1, 0.15) is 75.0 Å². The van der Waals surface area contributed by atoms with Crippen LogP contribution in [0.25, 0.3) is 0 Å². The van der Waals surface area contributed by atoms with E-state index >= 15 is 0 Å². The zero-order valence-corrected chi connectivity index (χ0v) is 20.6. The average Bonchev–Trinajstić information content (AvgIpc) is 2.80. The van der Waals surface area contributed by atoms with Gasteiger partial charge in [-0.15, -0.1) is 0 Å². The summed E-state index contributed by atoms with van der Waals surface area (Å²) in [4.78, 5) is 24.2. The van der Waals surface area contributed by atoms with Gasteiger partial charge in [-0.2, -0.15) is 0 Å². The van der Waals surface area contributed by atoms with Crippen molar-refractivity contribution in [2.24, 2.45) is 16.8 Å². The maximum Gasteiger partial charge on any atom is 0.308 e. The second-order valence-corrected chi connectivity index (χ2v) is 9.28. The molecule has 0 saturated carbocycles. The van der Waals surface area contributed by atoms with Gasteiger partial charge >= 0.3 is 5.97 Å². The van der Waals surface area contributed by atoms with Gasteiger partial charge in [0.25, 0.3) is 5.91 Å². The van der Waals surface area contributed by atoms with Crippen LogP contribution in [0.15, 0.2) is 53.7 Å². The van der Waals surface area contributed by atoms with Gasteiger partial charge in [-0.3, -0.25) is 9.59 Å². The van der Waals surface area contributed by atoms with Crippen LogP contribution in [0, 0.1) is 5.92 Å². The largest absolute Gasteiger partial charge is 0.460 e. The van der Waals surface area contributed by atoms with Crippen molar-refractivity contribution in [1.29, 1.82) is 0 Å². The number of carbonyl (C=O) groups excluding carboxylic acids is 2. The van der Waals surface area contributed by atoms with Crippen molar-refractivity contribution in [3.05, 3.63) is 65.2 Å². The third-order valence-electron chi connectivity index (χ3n) is 5.39. The Bertz CT molecular complexity index is 979. The van der Waals surface area contributed by atoms with Gasteiger partial charge in [0.15, 0.2) is 5.84 Å². The molecule has 0 saturated heterocycles. The van der Waals surface area contributed by atoms with Gasteiger partial charge in [0.1, 0.15) is 5.60 Å². The highest BCUT2D eigenvalue weighted by atomic mass is 16.6. The van der Waals surface area contributed by atoms with Crippen LogP contribution in [-0.4, -0.2) is 35.1 Å². The predicted octanol–water partition coefficient (Wildman–Crippen LogP) is 4.44. The standard InChI is InChI=1S/C26H36N4O4/c1-6-17(2)23(18-7-9-19(10-8-18)24(27)30-33)29-21-13-11-20(12-14-21)25(32)28-16-15-22(31)34-26(3,4)5/h7-14,17,23,29,33H,6,15-16H2,1-5H3,(H2,27,30)(H,28,32). The summed E-state index contributed by atoms with van der Waals surface area (Å²) in [6.07, 6.45) is 1.09. The fourth-order valence-corrected chi connectivity index (χ4v) is 3.38. The smallest absolute Gasteiger partial charge is 0.308 e. The summed E-state index contributed by atoms with van der Waals surface area (Å²) < 4.78 is 5.25. The molecule has 184 valence electrons. The summed E-state index contributed by atoms with van der Waals surface area (Å²) in [7, 11) is 0. The van der Waals surface area contributed by atoms with Crippen molar-refractivity contribution in [3.63, 3.8) is 0 Å². The number of hydrogen-bond acceptors (Lipinski definition) is 6. The second kappa shape index (κ2) is 12.1. The number of anilines is 1. The Labute approximate surface area is 201 Å². The number of amides is 1. The molecule has 2 unspecified atom stereocenters. The predicted molar refractivity (Wildman–Crippen MR) is 134 cm³/mol. The van der Waals surface area contributed by atoms with E-state index in [-0.39, 0.29) is 36.7 Å². The lowest BCUT2D eigenvalue weighted by atomic mass is 9.91. The fourth-order valence-electron chi connectivity index (χ4n) is 3.38. The van der Waals surface area contributed by atoms with Gasteiger partial charge < -0.3 is 26.3 Å². The summed E-state index contributed by atoms with van der Waals surface area (Å²) in [5.74, 6) is -0.180. The van der Waals surface area contributed by atoms with Gasteiger partial charge in [-0.25, -0.2) is 0 Å². The molecule has 8 nitrogen and oxygen atoms in total. The molecule has 0 heterocycles. The monoisotopic (exact) mass is 468 g/mol. The van der Waals surface area contributed by atoms with E-state index in [1.54, 1.807) is 12.1 Å². The Balaban J connectivity index is 2.01. The lowest BCUT2D eigenvalue weighted by Gasteiger charge is -2.26. The molecule has 1 amide bonds. The zero-order valence-electron chi connectivity index (χ0n) is 20.6. The lowest BCUT2D eigenvalue weighted by molar-refractivity contribution is -0.154. The first-order chi connectivity index (χ1) is 16.0. The van der Waals surface area contributed by atoms with Crippen LogP contribution in [0.2, 0.25) is 0 Å². The molecule has 8 heteroatoms. The van der Waals surface area contributed by atoms with Crippen molar-refractivity contribution in [2.75, 3.05) is 11.9 Å². The van der Waals surface area contributed by atoms with Gasteiger partial charge in [0, 0.05) is 23.4 Å². The fraction of sp³-hybridized carbons (Fsp3) is 0.423. The topological polar surface area (TPSA) is 126 Å². The molecule has 0 radical (unpaired) electrons. The first kappa shape index (κ1) is 26.7. The number of benzene rings is 2. The van der Waals surface area contributed by atoms with Crippen molar-refractivity contribution < 1.29 is 19.5 Å². The third-order valence-corrected chi connectivity index (χ3v) is 5.39. The number of nitrogens with one attached hydrogen (secondary N) is 2. The maximum absolute atomic E-state index is 12.4. The normalized spacial score (nSPS) is 13.6. The molecule has 0 aliphatic heterocycles. The number of hydrogen-bond donors (Lipinski definition) is 4. The number of rotatable bonds is 10. The lowest BCUT2D eigenvalue weighted by Crippen LogP contribution is -2.29. The van der Waals surface area contributed by atoms with Gasteiger partial charge in [-0.1, -0.05) is 49.7 Å². The highest BCUT2D eigenvalue weighted by Crippen LogP contribution is 2.29. The SMILES string of the molecule is CCC(C)C(Nc1ccc(C(=O)NCCC(=O)OC(C)(C)C)cc1)c1ccc(/C(N)=N/O)cc1. The van der Waals surface area contributed by atoms with E-state index in [0.29, 0.717) is 17.0 Å². The summed E-state index contributed by atoms with van der Waals surface area (Å²) in [5, 5.41) is 18.2. The van der Waals surface area contributed by atoms with Crippen LogP contribution >= 0.6 is 0 Å². The van der Waals surface area contributed by atoms with Crippen LogP contribution in [0.4, 0.5) is 5.69 Å². The molecule has 0 fully saturated rings. The molecule has 2 aromatic carbocycles. The summed E-state index contributed by atoms with van der Waals surface area (Å²) in [5.41, 5.74) is 8.25. The van der Waals surface area contributed by atoms with E-state index in [1.165, 1.54) is 0 Å². The first-order valence-corrected chi connectivity index (χ1v) is 11.5. The van der Waals surface area contributed by atoms with Gasteiger partial charge in [0.2, 0.25) is 0 Å². The quantitative estimate of drug-likeness (QED) is 0.134. The van der Waals surface area contributed by atoms with E-state index in [2.05, 4.69) is 29.6 Å². The van der Waals surface area contributed by atoms with Crippen LogP contribution in [0.3, 0.4) is 0 Å². The number of carbonyl (C=O) groups is 2. The minimum Gasteiger partial charge on any atom is -0.460 e. The molecule has 0 bridgehead atoms. The number of esters is 1. The van der Waals surface area contributed by atoms with E-state index in [4.69, 9.17) is 15.7 Å². The zero-order chi connectivity index (χ0) is 25.3. The van der Waals surface area contributed by atoms with E-state index in [9.17, 15) is 9.59 Å². The minimum atomic E-state index is -0.542. The molecular weight excluding hydrogens is 432 g/mol. The highest BCUT2D eigenvalue weighted by molar-refractivity contribution is 5.97. The van der Waals surface area contributed by atoms with Crippen molar-refractivity contribution in [3.8, 4) is 0 Å². The molecule has 0 aliphatic carbocycles. The maximum atomic E-state index is 12.4. The van der Waals surface area contributed by atoms with Crippen molar-refractivity contribution in [2.45, 2.75) is 59.1 Å². The molecule has 0 spiro atoms. The number of oxime groups is 1. The number of ether oxygens (including phenoxy) is 1. The Morgan fingerprint density at radius 2 is 1.65 bits per heavy atom. The summed E-state index contributed by atoms with van der Waals surface area (Å²) >= 11 is 0. The Morgan fingerprint density at radius 3 is 2.18 bits per heavy atom. The molecule has 0 aliphatic rings. The highest BCUT2D eigenvalue weighted by Gasteiger charge is 2.19. The van der Waals surface area contributed by atoms with Gasteiger partial charge in [0.05, 0.1) is 12.5 Å². The Kier molecular flexibility index (Phi) is 9.47. The van der Waals surface area contributed by atoms with Crippen molar-refractivity contribution in [1.82, 2.24) is 5.32 Å². The van der Waals surface area contributed by atoms with Gasteiger partial charge in [-0.05, 0) is 56.5 Å². The molecule has 0 aromatic heterocycles. The molecule has 34 heavy (non-hydrogen) atoms. The molecular formula is C26H36N4O4. The number of nitrogens with zero attached hydrogens (tertiary/aromatic N) is 1. The Morgan fingerprint density at radius 1 is 1.06 bits per heavy atom. The molecule has 2 rings (SSSR count). The average molecular weight is 469 g/mol. The Hall–Kier alpha value is -3.55. The van der Waals surface area contributed by atoms with E-state index in [1.807, 2.05) is 57.2 Å². The van der Waals surface area contributed by atoms with Crippen LogP contribution in [0.5, 0.6) is 0 Å². The summed E-state index contributed by atoms with van der Waals surface area (Å²) in [6, 6.07) is 14.8. The van der Waals surface area contributed by atoms with Crippen LogP contribution < -0.4 is 16.4 Å². The second-order valence-electron chi connectivity index (χ2n) is 9.28. The minimum absolute atomic E-state index is 0.0415. The molecule has 2 atom stereocenters. The van der Waals surface area contributed by atoms with E-state index in [0.717, 1.165) is 17.7 Å². The number of amidine groups is 1. The summed E-state index contributed by atoms with van der Waals surface area (Å²) in [6.45, 7) is 9.94. The number of nitrogens with two attached hydrogens (primary N) is 1. The molecule has 2 aromatic rings. The van der Waals surface area contributed by atoms with Crippen LogP contribution in [-0.2, 0) is 9.53 Å². The van der Waals surface area contributed by atoms with Crippen molar-refractivity contribution >= 4 is 23.4 Å². The third kappa shape index (κ3) is 8.10.